The van der Waals surface area contributed by atoms with Gasteiger partial charge in [0.1, 0.15) is 12.4 Å². The van der Waals surface area contributed by atoms with Crippen LogP contribution in [0.5, 0.6) is 5.75 Å². The third kappa shape index (κ3) is 4.14. The van der Waals surface area contributed by atoms with E-state index in [1.807, 2.05) is 23.0 Å². The Morgan fingerprint density at radius 3 is 2.61 bits per heavy atom. The first kappa shape index (κ1) is 16.1. The summed E-state index contributed by atoms with van der Waals surface area (Å²) in [4.78, 5) is 2.47. The smallest absolute Gasteiger partial charge is 0.121 e. The lowest BCUT2D eigenvalue weighted by molar-refractivity contribution is 0.237. The molecular formula is C19H27N3O. The van der Waals surface area contributed by atoms with Gasteiger partial charge in [-0.2, -0.15) is 5.10 Å². The number of nitrogens with zero attached hydrogens (tertiary/aromatic N) is 3. The molecule has 2 aromatic rings. The van der Waals surface area contributed by atoms with Crippen molar-refractivity contribution in [3.05, 3.63) is 42.2 Å². The molecular weight excluding hydrogens is 286 g/mol. The number of hydrogen-bond acceptors (Lipinski definition) is 3. The summed E-state index contributed by atoms with van der Waals surface area (Å²) in [5, 5.41) is 4.69. The summed E-state index contributed by atoms with van der Waals surface area (Å²) in [5.41, 5.74) is 2.20. The topological polar surface area (TPSA) is 30.3 Å². The van der Waals surface area contributed by atoms with Crippen molar-refractivity contribution < 1.29 is 4.74 Å². The van der Waals surface area contributed by atoms with E-state index in [4.69, 9.17) is 4.74 Å². The zero-order valence-corrected chi connectivity index (χ0v) is 14.5. The highest BCUT2D eigenvalue weighted by atomic mass is 16.5. The molecule has 0 atom stereocenters. The van der Waals surface area contributed by atoms with Gasteiger partial charge in [0.25, 0.3) is 0 Å². The van der Waals surface area contributed by atoms with E-state index in [0.717, 1.165) is 30.3 Å². The highest BCUT2D eigenvalue weighted by Crippen LogP contribution is 2.22. The van der Waals surface area contributed by atoms with Crippen LogP contribution in [0, 0.1) is 0 Å². The van der Waals surface area contributed by atoms with Crippen LogP contribution < -0.4 is 4.74 Å². The van der Waals surface area contributed by atoms with Gasteiger partial charge in [-0.15, -0.1) is 0 Å². The Labute approximate surface area is 139 Å². The summed E-state index contributed by atoms with van der Waals surface area (Å²) >= 11 is 0. The van der Waals surface area contributed by atoms with Gasteiger partial charge in [0.2, 0.25) is 0 Å². The van der Waals surface area contributed by atoms with Crippen LogP contribution in [0.3, 0.4) is 0 Å². The summed E-state index contributed by atoms with van der Waals surface area (Å²) in [6.45, 7) is 10.7. The summed E-state index contributed by atoms with van der Waals surface area (Å²) in [6, 6.07) is 10.2. The summed E-state index contributed by atoms with van der Waals surface area (Å²) in [5.74, 6) is 0.912. The minimum Gasteiger partial charge on any atom is -0.492 e. The fraction of sp³-hybridized carbons (Fsp3) is 0.526. The van der Waals surface area contributed by atoms with E-state index in [9.17, 15) is 0 Å². The fourth-order valence-electron chi connectivity index (χ4n) is 2.88. The largest absolute Gasteiger partial charge is 0.492 e. The molecule has 1 fully saturated rings. The molecule has 1 saturated heterocycles. The van der Waals surface area contributed by atoms with E-state index in [-0.39, 0.29) is 5.41 Å². The molecule has 0 amide bonds. The van der Waals surface area contributed by atoms with Crippen molar-refractivity contribution >= 4 is 0 Å². The van der Waals surface area contributed by atoms with E-state index >= 15 is 0 Å². The van der Waals surface area contributed by atoms with Crippen LogP contribution in [-0.2, 0) is 5.41 Å². The standard InChI is InChI=1S/C19H27N3O/c1-19(2,3)18-9-12-22(20-18)16-7-6-8-17(15-16)23-14-13-21-10-4-5-11-21/h6-9,12,15H,4-5,10-11,13-14H2,1-3H3. The molecule has 124 valence electrons. The predicted octanol–water partition coefficient (Wildman–Crippen LogP) is 3.64. The second kappa shape index (κ2) is 6.75. The van der Waals surface area contributed by atoms with Gasteiger partial charge in [0.05, 0.1) is 11.4 Å². The second-order valence-corrected chi connectivity index (χ2v) is 7.29. The van der Waals surface area contributed by atoms with Crippen LogP contribution >= 0.6 is 0 Å². The Morgan fingerprint density at radius 2 is 1.91 bits per heavy atom. The van der Waals surface area contributed by atoms with Crippen molar-refractivity contribution in [2.75, 3.05) is 26.2 Å². The average molecular weight is 313 g/mol. The maximum Gasteiger partial charge on any atom is 0.121 e. The first-order valence-corrected chi connectivity index (χ1v) is 8.54. The summed E-state index contributed by atoms with van der Waals surface area (Å²) in [7, 11) is 0. The summed E-state index contributed by atoms with van der Waals surface area (Å²) in [6.07, 6.45) is 4.67. The van der Waals surface area contributed by atoms with Gasteiger partial charge in [-0.05, 0) is 44.1 Å². The Balaban J connectivity index is 1.63. The number of ether oxygens (including phenoxy) is 1. The minimum absolute atomic E-state index is 0.0646. The van der Waals surface area contributed by atoms with Crippen molar-refractivity contribution in [1.29, 1.82) is 0 Å². The molecule has 0 N–H and O–H groups in total. The van der Waals surface area contributed by atoms with Gasteiger partial charge in [-0.3, -0.25) is 4.90 Å². The van der Waals surface area contributed by atoms with Gasteiger partial charge in [-0.1, -0.05) is 26.8 Å². The molecule has 1 aromatic carbocycles. The highest BCUT2D eigenvalue weighted by Gasteiger charge is 2.17. The average Bonchev–Trinajstić information content (AvgIpc) is 3.18. The Bertz CT molecular complexity index is 636. The summed E-state index contributed by atoms with van der Waals surface area (Å²) < 4.78 is 7.85. The fourth-order valence-corrected chi connectivity index (χ4v) is 2.88. The zero-order valence-electron chi connectivity index (χ0n) is 14.5. The Kier molecular flexibility index (Phi) is 4.71. The number of hydrogen-bond donors (Lipinski definition) is 0. The van der Waals surface area contributed by atoms with Crippen molar-refractivity contribution in [1.82, 2.24) is 14.7 Å². The number of likely N-dealkylation sites (tertiary alicyclic amines) is 1. The van der Waals surface area contributed by atoms with Crippen LogP contribution in [-0.4, -0.2) is 40.9 Å². The molecule has 23 heavy (non-hydrogen) atoms. The SMILES string of the molecule is CC(C)(C)c1ccn(-c2cccc(OCCN3CCCC3)c2)n1. The van der Waals surface area contributed by atoms with Gasteiger partial charge >= 0.3 is 0 Å². The Morgan fingerprint density at radius 1 is 1.13 bits per heavy atom. The lowest BCUT2D eigenvalue weighted by Gasteiger charge is -2.15. The molecule has 1 aromatic heterocycles. The van der Waals surface area contributed by atoms with E-state index < -0.39 is 0 Å². The molecule has 1 aliphatic rings. The maximum absolute atomic E-state index is 5.92. The van der Waals surface area contributed by atoms with Crippen LogP contribution in [0.1, 0.15) is 39.3 Å². The molecule has 3 rings (SSSR count). The number of benzene rings is 1. The quantitative estimate of drug-likeness (QED) is 0.844. The lowest BCUT2D eigenvalue weighted by atomic mass is 9.93. The molecule has 0 radical (unpaired) electrons. The third-order valence-electron chi connectivity index (χ3n) is 4.31. The normalized spacial score (nSPS) is 16.0. The first-order valence-electron chi connectivity index (χ1n) is 8.54. The van der Waals surface area contributed by atoms with Crippen LogP contribution in [0.15, 0.2) is 36.5 Å². The molecule has 0 aliphatic carbocycles. The van der Waals surface area contributed by atoms with Gasteiger partial charge in [0.15, 0.2) is 0 Å². The van der Waals surface area contributed by atoms with E-state index in [1.54, 1.807) is 0 Å². The van der Waals surface area contributed by atoms with Crippen LogP contribution in [0.2, 0.25) is 0 Å². The van der Waals surface area contributed by atoms with Crippen molar-refractivity contribution in [3.63, 3.8) is 0 Å². The van der Waals surface area contributed by atoms with Crippen molar-refractivity contribution in [2.45, 2.75) is 39.0 Å². The highest BCUT2D eigenvalue weighted by molar-refractivity contribution is 5.39. The van der Waals surface area contributed by atoms with Gasteiger partial charge in [-0.25, -0.2) is 4.68 Å². The van der Waals surface area contributed by atoms with E-state index in [2.05, 4.69) is 49.0 Å². The molecule has 0 bridgehead atoms. The molecule has 0 spiro atoms. The van der Waals surface area contributed by atoms with E-state index in [0.29, 0.717) is 0 Å². The Hall–Kier alpha value is -1.81. The second-order valence-electron chi connectivity index (χ2n) is 7.29. The molecule has 0 unspecified atom stereocenters. The van der Waals surface area contributed by atoms with Crippen LogP contribution in [0.4, 0.5) is 0 Å². The molecule has 0 saturated carbocycles. The van der Waals surface area contributed by atoms with Crippen molar-refractivity contribution in [3.8, 4) is 11.4 Å². The number of rotatable bonds is 5. The third-order valence-corrected chi connectivity index (χ3v) is 4.31. The molecule has 2 heterocycles. The molecule has 4 nitrogen and oxygen atoms in total. The van der Waals surface area contributed by atoms with Gasteiger partial charge < -0.3 is 4.74 Å². The lowest BCUT2D eigenvalue weighted by Crippen LogP contribution is -2.25. The van der Waals surface area contributed by atoms with Crippen molar-refractivity contribution in [2.24, 2.45) is 0 Å². The monoisotopic (exact) mass is 313 g/mol. The van der Waals surface area contributed by atoms with E-state index in [1.165, 1.54) is 25.9 Å². The minimum atomic E-state index is 0.0646. The predicted molar refractivity (Wildman–Crippen MR) is 93.4 cm³/mol. The van der Waals surface area contributed by atoms with Crippen LogP contribution in [0.25, 0.3) is 5.69 Å². The maximum atomic E-state index is 5.92. The first-order chi connectivity index (χ1) is 11.0. The van der Waals surface area contributed by atoms with Gasteiger partial charge in [0, 0.05) is 24.2 Å². The number of aromatic nitrogens is 2. The molecule has 4 heteroatoms. The zero-order chi connectivity index (χ0) is 16.3. The molecule has 1 aliphatic heterocycles.